The lowest BCUT2D eigenvalue weighted by Crippen LogP contribution is -2.29. The minimum absolute atomic E-state index is 0.236. The van der Waals surface area contributed by atoms with Gasteiger partial charge in [-0.2, -0.15) is 0 Å². The van der Waals surface area contributed by atoms with E-state index in [0.717, 1.165) is 5.56 Å². The molecule has 1 aromatic rings. The summed E-state index contributed by atoms with van der Waals surface area (Å²) in [5, 5.41) is 10.1. The van der Waals surface area contributed by atoms with Crippen molar-refractivity contribution < 1.29 is 14.2 Å². The first-order chi connectivity index (χ1) is 7.54. The second kappa shape index (κ2) is 5.30. The fourth-order valence-corrected chi connectivity index (χ4v) is 1.70. The zero-order valence-electron chi connectivity index (χ0n) is 10.1. The summed E-state index contributed by atoms with van der Waals surface area (Å²) in [7, 11) is 1.44. The predicted molar refractivity (Wildman–Crippen MR) is 62.2 cm³/mol. The predicted octanol–water partition coefficient (Wildman–Crippen LogP) is 2.93. The number of rotatable bonds is 5. The number of benzene rings is 1. The molecule has 2 nitrogen and oxygen atoms in total. The highest BCUT2D eigenvalue weighted by molar-refractivity contribution is 5.30. The maximum atomic E-state index is 13.4. The van der Waals surface area contributed by atoms with Crippen LogP contribution in [0.3, 0.4) is 0 Å². The maximum absolute atomic E-state index is 13.4. The Kier molecular flexibility index (Phi) is 4.30. The summed E-state index contributed by atoms with van der Waals surface area (Å²) < 4.78 is 18.3. The van der Waals surface area contributed by atoms with Crippen molar-refractivity contribution in [2.45, 2.75) is 38.7 Å². The van der Waals surface area contributed by atoms with Crippen molar-refractivity contribution in [1.82, 2.24) is 0 Å². The third-order valence-corrected chi connectivity index (χ3v) is 3.07. The van der Waals surface area contributed by atoms with E-state index in [0.29, 0.717) is 19.3 Å². The van der Waals surface area contributed by atoms with Crippen LogP contribution < -0.4 is 4.74 Å². The van der Waals surface area contributed by atoms with Crippen molar-refractivity contribution in [3.05, 3.63) is 29.6 Å². The topological polar surface area (TPSA) is 29.5 Å². The Balaban J connectivity index is 2.86. The average Bonchev–Trinajstić information content (AvgIpc) is 2.29. The molecule has 0 aliphatic carbocycles. The van der Waals surface area contributed by atoms with Gasteiger partial charge in [0.05, 0.1) is 12.7 Å². The number of aliphatic hydroxyl groups is 1. The summed E-state index contributed by atoms with van der Waals surface area (Å²) in [6.07, 6.45) is 1.80. The van der Waals surface area contributed by atoms with E-state index < -0.39 is 5.60 Å². The Hall–Kier alpha value is -1.09. The quantitative estimate of drug-likeness (QED) is 0.836. The molecule has 0 bridgehead atoms. The lowest BCUT2D eigenvalue weighted by atomic mass is 9.89. The molecule has 0 aliphatic heterocycles. The Morgan fingerprint density at radius 2 is 1.94 bits per heavy atom. The van der Waals surface area contributed by atoms with Crippen LogP contribution in [0, 0.1) is 5.82 Å². The van der Waals surface area contributed by atoms with Gasteiger partial charge >= 0.3 is 0 Å². The van der Waals surface area contributed by atoms with Crippen molar-refractivity contribution in [2.24, 2.45) is 0 Å². The van der Waals surface area contributed by atoms with Gasteiger partial charge in [0, 0.05) is 6.42 Å². The zero-order chi connectivity index (χ0) is 12.2. The number of hydrogen-bond acceptors (Lipinski definition) is 2. The summed E-state index contributed by atoms with van der Waals surface area (Å²) in [5.41, 5.74) is 0.0607. The largest absolute Gasteiger partial charge is 0.494 e. The molecule has 0 heterocycles. The van der Waals surface area contributed by atoms with Gasteiger partial charge < -0.3 is 9.84 Å². The summed E-state index contributed by atoms with van der Waals surface area (Å²) in [4.78, 5) is 0. The Bertz CT molecular complexity index is 346. The molecule has 0 unspecified atom stereocenters. The molecule has 0 aromatic heterocycles. The standard InChI is InChI=1S/C13H19FO2/c1-4-13(15,5-2)9-10-6-7-12(16-3)11(14)8-10/h6-8,15H,4-5,9H2,1-3H3. The van der Waals surface area contributed by atoms with Crippen LogP contribution >= 0.6 is 0 Å². The molecule has 3 heteroatoms. The monoisotopic (exact) mass is 226 g/mol. The SMILES string of the molecule is CCC(O)(CC)Cc1ccc(OC)c(F)c1. The van der Waals surface area contributed by atoms with Crippen molar-refractivity contribution in [3.63, 3.8) is 0 Å². The van der Waals surface area contributed by atoms with Crippen molar-refractivity contribution in [2.75, 3.05) is 7.11 Å². The van der Waals surface area contributed by atoms with Crippen molar-refractivity contribution in [1.29, 1.82) is 0 Å². The van der Waals surface area contributed by atoms with Crippen LogP contribution in [0.5, 0.6) is 5.75 Å². The van der Waals surface area contributed by atoms with E-state index in [2.05, 4.69) is 0 Å². The maximum Gasteiger partial charge on any atom is 0.165 e. The molecule has 0 saturated carbocycles. The minimum atomic E-state index is -0.735. The van der Waals surface area contributed by atoms with E-state index in [9.17, 15) is 9.50 Å². The highest BCUT2D eigenvalue weighted by atomic mass is 19.1. The van der Waals surface area contributed by atoms with E-state index in [-0.39, 0.29) is 11.6 Å². The van der Waals surface area contributed by atoms with Gasteiger partial charge in [0.2, 0.25) is 0 Å². The molecule has 0 spiro atoms. The molecule has 1 aromatic carbocycles. The summed E-state index contributed by atoms with van der Waals surface area (Å²) >= 11 is 0. The molecular weight excluding hydrogens is 207 g/mol. The highest BCUT2D eigenvalue weighted by Crippen LogP contribution is 2.24. The third-order valence-electron chi connectivity index (χ3n) is 3.07. The van der Waals surface area contributed by atoms with Crippen LogP contribution in [0.4, 0.5) is 4.39 Å². The van der Waals surface area contributed by atoms with Gasteiger partial charge in [-0.1, -0.05) is 19.9 Å². The van der Waals surface area contributed by atoms with Crippen molar-refractivity contribution in [3.8, 4) is 5.75 Å². The van der Waals surface area contributed by atoms with Crippen LogP contribution in [0.2, 0.25) is 0 Å². The molecule has 0 aliphatic rings. The number of ether oxygens (including phenoxy) is 1. The van der Waals surface area contributed by atoms with Gasteiger partial charge in [-0.05, 0) is 30.5 Å². The van der Waals surface area contributed by atoms with Crippen LogP contribution in [-0.2, 0) is 6.42 Å². The number of hydrogen-bond donors (Lipinski definition) is 1. The third kappa shape index (κ3) is 2.95. The van der Waals surface area contributed by atoms with Crippen LogP contribution in [-0.4, -0.2) is 17.8 Å². The minimum Gasteiger partial charge on any atom is -0.494 e. The van der Waals surface area contributed by atoms with E-state index in [4.69, 9.17) is 4.74 Å². The lowest BCUT2D eigenvalue weighted by Gasteiger charge is -2.25. The van der Waals surface area contributed by atoms with E-state index in [1.54, 1.807) is 12.1 Å². The molecule has 1 N–H and O–H groups in total. The molecular formula is C13H19FO2. The first kappa shape index (κ1) is 13.0. The lowest BCUT2D eigenvalue weighted by molar-refractivity contribution is 0.0326. The van der Waals surface area contributed by atoms with Crippen LogP contribution in [0.25, 0.3) is 0 Å². The zero-order valence-corrected chi connectivity index (χ0v) is 10.1. The molecule has 16 heavy (non-hydrogen) atoms. The van der Waals surface area contributed by atoms with Crippen molar-refractivity contribution >= 4 is 0 Å². The molecule has 0 amide bonds. The Morgan fingerprint density at radius 3 is 2.38 bits per heavy atom. The summed E-state index contributed by atoms with van der Waals surface area (Å²) in [6.45, 7) is 3.87. The van der Waals surface area contributed by atoms with E-state index in [1.807, 2.05) is 13.8 Å². The Morgan fingerprint density at radius 1 is 1.31 bits per heavy atom. The first-order valence-electron chi connectivity index (χ1n) is 5.59. The van der Waals surface area contributed by atoms with Gasteiger partial charge in [-0.25, -0.2) is 4.39 Å². The highest BCUT2D eigenvalue weighted by Gasteiger charge is 2.22. The molecule has 0 fully saturated rings. The van der Waals surface area contributed by atoms with Gasteiger partial charge in [0.25, 0.3) is 0 Å². The fourth-order valence-electron chi connectivity index (χ4n) is 1.70. The van der Waals surface area contributed by atoms with Gasteiger partial charge in [0.1, 0.15) is 0 Å². The smallest absolute Gasteiger partial charge is 0.165 e. The molecule has 1 rings (SSSR count). The normalized spacial score (nSPS) is 11.6. The summed E-state index contributed by atoms with van der Waals surface area (Å²) in [5.74, 6) is -0.144. The molecule has 0 saturated heterocycles. The molecule has 0 radical (unpaired) electrons. The van der Waals surface area contributed by atoms with Crippen LogP contribution in [0.15, 0.2) is 18.2 Å². The second-order valence-corrected chi connectivity index (χ2v) is 4.08. The molecule has 90 valence electrons. The number of methoxy groups -OCH3 is 1. The van der Waals surface area contributed by atoms with Gasteiger partial charge in [0.15, 0.2) is 11.6 Å². The van der Waals surface area contributed by atoms with Gasteiger partial charge in [-0.15, -0.1) is 0 Å². The summed E-state index contributed by atoms with van der Waals surface area (Å²) in [6, 6.07) is 4.81. The second-order valence-electron chi connectivity index (χ2n) is 4.08. The molecule has 0 atom stereocenters. The fraction of sp³-hybridized carbons (Fsp3) is 0.538. The van der Waals surface area contributed by atoms with Crippen LogP contribution in [0.1, 0.15) is 32.3 Å². The van der Waals surface area contributed by atoms with E-state index in [1.165, 1.54) is 13.2 Å². The van der Waals surface area contributed by atoms with Gasteiger partial charge in [-0.3, -0.25) is 0 Å². The number of halogens is 1. The average molecular weight is 226 g/mol. The Labute approximate surface area is 96.1 Å². The van der Waals surface area contributed by atoms with E-state index >= 15 is 0 Å². The first-order valence-corrected chi connectivity index (χ1v) is 5.59.